The van der Waals surface area contributed by atoms with Gasteiger partial charge in [-0.2, -0.15) is 0 Å². The van der Waals surface area contributed by atoms with Gasteiger partial charge in [0.1, 0.15) is 22.1 Å². The number of hydrogen-bond donors (Lipinski definition) is 0. The van der Waals surface area contributed by atoms with Crippen LogP contribution in [0.3, 0.4) is 0 Å². The molecule has 0 radical (unpaired) electrons. The van der Waals surface area contributed by atoms with E-state index in [4.69, 9.17) is 4.74 Å². The first kappa shape index (κ1) is 36.5. The van der Waals surface area contributed by atoms with E-state index < -0.39 is 15.1 Å². The first-order valence-corrected chi connectivity index (χ1v) is 26.0. The van der Waals surface area contributed by atoms with Gasteiger partial charge < -0.3 is 19.4 Å². The van der Waals surface area contributed by atoms with E-state index in [0.717, 1.165) is 29.3 Å². The monoisotopic (exact) mass is 889 g/mol. The van der Waals surface area contributed by atoms with Crippen molar-refractivity contribution in [2.24, 2.45) is 0 Å². The van der Waals surface area contributed by atoms with Crippen LogP contribution in [0.1, 0.15) is 23.5 Å². The van der Waals surface area contributed by atoms with Crippen molar-refractivity contribution < 1.29 is 4.74 Å². The summed E-state index contributed by atoms with van der Waals surface area (Å²) in [6.07, 6.45) is 17.2. The predicted octanol–water partition coefficient (Wildman–Crippen LogP) is 11.4. The molecule has 8 aliphatic rings. The summed E-state index contributed by atoms with van der Waals surface area (Å²) in [6, 6.07) is 63.6. The Balaban J connectivity index is 1.10. The molecule has 67 heavy (non-hydrogen) atoms. The summed E-state index contributed by atoms with van der Waals surface area (Å²) in [4.78, 5) is 7.83. The minimum Gasteiger partial charge on any atom is -0.458 e. The lowest BCUT2D eigenvalue weighted by molar-refractivity contribution is 0.487. The molecule has 0 saturated heterocycles. The van der Waals surface area contributed by atoms with Crippen LogP contribution in [-0.2, 0) is 0 Å². The van der Waals surface area contributed by atoms with Crippen LogP contribution in [0.15, 0.2) is 212 Å². The van der Waals surface area contributed by atoms with Gasteiger partial charge in [-0.1, -0.05) is 121 Å². The fourth-order valence-corrected chi connectivity index (χ4v) is 18.4. The van der Waals surface area contributed by atoms with Gasteiger partial charge in [-0.05, 0) is 96.5 Å². The van der Waals surface area contributed by atoms with E-state index in [1.165, 1.54) is 105 Å². The molecule has 0 amide bonds. The molecule has 0 bridgehead atoms. The van der Waals surface area contributed by atoms with Crippen molar-refractivity contribution in [3.8, 4) is 11.5 Å². The molecule has 0 saturated carbocycles. The zero-order chi connectivity index (χ0) is 43.5. The summed E-state index contributed by atoms with van der Waals surface area (Å²) in [5, 5.41) is 8.67. The summed E-state index contributed by atoms with van der Waals surface area (Å²) < 4.78 is 7.69. The molecule has 16 rings (SSSR count). The van der Waals surface area contributed by atoms with Crippen molar-refractivity contribution >= 4 is 127 Å². The molecule has 0 aromatic heterocycles. The van der Waals surface area contributed by atoms with Crippen LogP contribution in [-0.4, -0.2) is 17.3 Å². The van der Waals surface area contributed by atoms with Crippen LogP contribution in [0.5, 0.6) is 11.5 Å². The molecule has 310 valence electrons. The first-order chi connectivity index (χ1) is 33.3. The zero-order valence-electron chi connectivity index (χ0n) is 36.2. The number of nitrogens with zero attached hydrogens (tertiary/aromatic N) is 3. The normalized spacial score (nSPS) is 18.5. The number of hydrogen-bond acceptors (Lipinski definition) is 4. The Labute approximate surface area is 391 Å². The molecular formula is C60H38BN3OP2+2. The van der Waals surface area contributed by atoms with E-state index in [2.05, 4.69) is 227 Å². The summed E-state index contributed by atoms with van der Waals surface area (Å²) in [6.45, 7) is -0.0814. The summed E-state index contributed by atoms with van der Waals surface area (Å²) in [5.74, 6) is 2.12. The highest BCUT2D eigenvalue weighted by atomic mass is 31.1. The molecule has 0 N–H and O–H groups in total. The largest absolute Gasteiger partial charge is 0.458 e. The Morgan fingerprint density at radius 3 is 1.85 bits per heavy atom. The van der Waals surface area contributed by atoms with E-state index in [9.17, 15) is 0 Å². The van der Waals surface area contributed by atoms with E-state index in [-0.39, 0.29) is 12.6 Å². The molecule has 3 unspecified atom stereocenters. The van der Waals surface area contributed by atoms with Gasteiger partial charge in [0.25, 0.3) is 6.71 Å². The second kappa shape index (κ2) is 13.5. The van der Waals surface area contributed by atoms with Crippen molar-refractivity contribution in [3.63, 3.8) is 0 Å². The Morgan fingerprint density at radius 2 is 1.12 bits per heavy atom. The minimum absolute atomic E-state index is 0.0814. The fourth-order valence-electron chi connectivity index (χ4n) is 12.6. The van der Waals surface area contributed by atoms with Crippen LogP contribution in [0.25, 0.3) is 5.57 Å². The highest BCUT2D eigenvalue weighted by Crippen LogP contribution is 2.61. The van der Waals surface area contributed by atoms with Crippen LogP contribution < -0.4 is 57.0 Å². The van der Waals surface area contributed by atoms with E-state index in [1.807, 2.05) is 0 Å². The maximum Gasteiger partial charge on any atom is 0.262 e. The van der Waals surface area contributed by atoms with Gasteiger partial charge >= 0.3 is 0 Å². The van der Waals surface area contributed by atoms with Crippen molar-refractivity contribution in [1.29, 1.82) is 0 Å². The van der Waals surface area contributed by atoms with Gasteiger partial charge in [0.2, 0.25) is 0 Å². The maximum atomic E-state index is 7.69. The number of fused-ring (bicyclic) bond motifs is 11. The first-order valence-electron chi connectivity index (χ1n) is 23.3. The average molecular weight is 890 g/mol. The number of ether oxygens (including phenoxy) is 1. The fraction of sp³-hybridized carbons (Fsp3) is 0.0333. The quantitative estimate of drug-likeness (QED) is 0.129. The molecule has 4 nitrogen and oxygen atoms in total. The van der Waals surface area contributed by atoms with Gasteiger partial charge in [0.15, 0.2) is 36.3 Å². The van der Waals surface area contributed by atoms with Crippen molar-refractivity contribution in [3.05, 3.63) is 224 Å². The highest BCUT2D eigenvalue weighted by Gasteiger charge is 2.58. The molecule has 6 aliphatic heterocycles. The second-order valence-electron chi connectivity index (χ2n) is 18.3. The van der Waals surface area contributed by atoms with Crippen molar-refractivity contribution in [2.75, 3.05) is 14.7 Å². The van der Waals surface area contributed by atoms with E-state index in [1.54, 1.807) is 0 Å². The van der Waals surface area contributed by atoms with Gasteiger partial charge in [0, 0.05) is 51.1 Å². The van der Waals surface area contributed by atoms with E-state index >= 15 is 0 Å². The molecule has 8 aromatic carbocycles. The lowest BCUT2D eigenvalue weighted by Gasteiger charge is -2.50. The highest BCUT2D eigenvalue weighted by molar-refractivity contribution is 7.76. The number of rotatable bonds is 4. The van der Waals surface area contributed by atoms with Crippen LogP contribution >= 0.6 is 15.1 Å². The number of allylic oxidation sites excluding steroid dienone is 8. The van der Waals surface area contributed by atoms with Gasteiger partial charge in [-0.15, -0.1) is 0 Å². The molecule has 6 heterocycles. The molecular weight excluding hydrogens is 851 g/mol. The van der Waals surface area contributed by atoms with Gasteiger partial charge in [0.05, 0.1) is 40.0 Å². The Kier molecular flexibility index (Phi) is 7.34. The third kappa shape index (κ3) is 4.70. The number of anilines is 9. The Bertz CT molecular complexity index is 3760. The summed E-state index contributed by atoms with van der Waals surface area (Å²) in [7, 11) is -1.78. The van der Waals surface area contributed by atoms with Gasteiger partial charge in [-0.25, -0.2) is 0 Å². The third-order valence-electron chi connectivity index (χ3n) is 15.0. The average Bonchev–Trinajstić information content (AvgIpc) is 3.91. The lowest BCUT2D eigenvalue weighted by Crippen LogP contribution is -2.65. The molecule has 7 heteroatoms. The standard InChI is InChI=1S/C60H38BN3OP2/c1-5-19-37(20-6-1)62-45-29-15-16-30-46(45)64-56-48(62)34-33-47-53(56)61-54-49(65-50-36-44-42-28-14-18-32-52(42)67(40-25-11-4-12-26-40)60(44)58(64)55(50)61)35-43-41-27-13-17-31-51(41)66(39-23-9-3-10-24-39)59(43)57(54)63(47)38-21-7-2-8-22-38/h1-31,33-36,41H,32H2/q+2. The smallest absolute Gasteiger partial charge is 0.262 e. The predicted molar refractivity (Wildman–Crippen MR) is 287 cm³/mol. The topological polar surface area (TPSA) is 19.0 Å². The van der Waals surface area contributed by atoms with Gasteiger partial charge in [-0.3, -0.25) is 0 Å². The molecule has 0 spiro atoms. The third-order valence-corrected chi connectivity index (χ3v) is 20.4. The Hall–Kier alpha value is -7.68. The van der Waals surface area contributed by atoms with Crippen molar-refractivity contribution in [2.45, 2.75) is 12.3 Å². The number of para-hydroxylation sites is 4. The second-order valence-corrected chi connectivity index (χ2v) is 22.6. The SMILES string of the molecule is C1=CCC2=[P+](c3ccccc3)c3c(cc4c5c3N3c6ccccc6N(c6ccccc6)c6ccc7c(c63)B5c3c(cc5c(c3N7c3ccccc3)[P+](c3ccccc3)=C3C=CC=CC35)O4)C2=C1. The molecule has 0 fully saturated rings. The van der Waals surface area contributed by atoms with Crippen LogP contribution in [0, 0.1) is 0 Å². The maximum absolute atomic E-state index is 7.69. The minimum atomic E-state index is -0.890. The van der Waals surface area contributed by atoms with Crippen molar-refractivity contribution in [1.82, 2.24) is 0 Å². The summed E-state index contributed by atoms with van der Waals surface area (Å²) >= 11 is 0. The molecule has 8 aromatic rings. The molecule has 2 aliphatic carbocycles. The van der Waals surface area contributed by atoms with Crippen LogP contribution in [0.4, 0.5) is 51.2 Å². The summed E-state index contributed by atoms with van der Waals surface area (Å²) in [5.41, 5.74) is 18.8. The zero-order valence-corrected chi connectivity index (χ0v) is 38.0. The Morgan fingerprint density at radius 1 is 0.507 bits per heavy atom. The van der Waals surface area contributed by atoms with E-state index in [0.29, 0.717) is 0 Å². The lowest BCUT2D eigenvalue weighted by atomic mass is 9.32. The van der Waals surface area contributed by atoms with Crippen LogP contribution in [0.2, 0.25) is 0 Å². The number of benzene rings is 8. The molecule has 3 atom stereocenters.